The summed E-state index contributed by atoms with van der Waals surface area (Å²) in [6, 6.07) is 16.8. The van der Waals surface area contributed by atoms with E-state index in [1.807, 2.05) is 18.2 Å². The quantitative estimate of drug-likeness (QED) is 0.799. The average Bonchev–Trinajstić information content (AvgIpc) is 2.44. The highest BCUT2D eigenvalue weighted by Gasteiger charge is 2.00. The van der Waals surface area contributed by atoms with Gasteiger partial charge < -0.3 is 10.1 Å². The van der Waals surface area contributed by atoms with Crippen molar-refractivity contribution >= 4 is 0 Å². The standard InChI is InChI=1S/C17H21NO/c1-14-6-5-7-15(12-14)10-11-18-13-16-8-3-4-9-17(16)19-2/h3-9,12,18H,10-11,13H2,1-2H3. The van der Waals surface area contributed by atoms with Crippen LogP contribution in [0.1, 0.15) is 16.7 Å². The van der Waals surface area contributed by atoms with Gasteiger partial charge in [-0.15, -0.1) is 0 Å². The van der Waals surface area contributed by atoms with Crippen LogP contribution in [0.4, 0.5) is 0 Å². The minimum absolute atomic E-state index is 0.843. The molecular weight excluding hydrogens is 234 g/mol. The van der Waals surface area contributed by atoms with Crippen molar-refractivity contribution in [2.45, 2.75) is 19.9 Å². The molecule has 0 spiro atoms. The highest BCUT2D eigenvalue weighted by molar-refractivity contribution is 5.33. The Morgan fingerprint density at radius 3 is 2.68 bits per heavy atom. The molecule has 2 nitrogen and oxygen atoms in total. The number of ether oxygens (including phenoxy) is 1. The Kier molecular flexibility index (Phi) is 4.99. The van der Waals surface area contributed by atoms with Crippen molar-refractivity contribution in [3.8, 4) is 5.75 Å². The van der Waals surface area contributed by atoms with E-state index in [1.165, 1.54) is 16.7 Å². The number of benzene rings is 2. The number of nitrogens with one attached hydrogen (secondary N) is 1. The molecule has 0 radical (unpaired) electrons. The monoisotopic (exact) mass is 255 g/mol. The number of aryl methyl sites for hydroxylation is 1. The van der Waals surface area contributed by atoms with Crippen molar-refractivity contribution in [1.29, 1.82) is 0 Å². The molecule has 0 saturated heterocycles. The maximum Gasteiger partial charge on any atom is 0.123 e. The first-order valence-electron chi connectivity index (χ1n) is 6.68. The summed E-state index contributed by atoms with van der Waals surface area (Å²) >= 11 is 0. The van der Waals surface area contributed by atoms with E-state index in [4.69, 9.17) is 4.74 Å². The molecule has 0 aliphatic rings. The predicted octanol–water partition coefficient (Wildman–Crippen LogP) is 3.34. The van der Waals surface area contributed by atoms with Gasteiger partial charge in [0.15, 0.2) is 0 Å². The van der Waals surface area contributed by atoms with Gasteiger partial charge >= 0.3 is 0 Å². The smallest absolute Gasteiger partial charge is 0.123 e. The lowest BCUT2D eigenvalue weighted by molar-refractivity contribution is 0.408. The lowest BCUT2D eigenvalue weighted by Crippen LogP contribution is -2.17. The highest BCUT2D eigenvalue weighted by Crippen LogP contribution is 2.16. The van der Waals surface area contributed by atoms with E-state index in [2.05, 4.69) is 42.6 Å². The Morgan fingerprint density at radius 1 is 1.05 bits per heavy atom. The van der Waals surface area contributed by atoms with Crippen LogP contribution in [-0.4, -0.2) is 13.7 Å². The summed E-state index contributed by atoms with van der Waals surface area (Å²) in [5, 5.41) is 3.46. The lowest BCUT2D eigenvalue weighted by Gasteiger charge is -2.09. The fraction of sp³-hybridized carbons (Fsp3) is 0.294. The lowest BCUT2D eigenvalue weighted by atomic mass is 10.1. The molecule has 100 valence electrons. The first-order valence-corrected chi connectivity index (χ1v) is 6.68. The molecule has 19 heavy (non-hydrogen) atoms. The Bertz CT molecular complexity index is 522. The number of para-hydroxylation sites is 1. The van der Waals surface area contributed by atoms with Gasteiger partial charge in [0.25, 0.3) is 0 Å². The van der Waals surface area contributed by atoms with Crippen molar-refractivity contribution in [3.05, 3.63) is 65.2 Å². The third-order valence-electron chi connectivity index (χ3n) is 3.18. The molecular formula is C17H21NO. The van der Waals surface area contributed by atoms with E-state index in [1.54, 1.807) is 7.11 Å². The summed E-state index contributed by atoms with van der Waals surface area (Å²) in [4.78, 5) is 0. The van der Waals surface area contributed by atoms with Crippen LogP contribution in [0, 0.1) is 6.92 Å². The fourth-order valence-electron chi connectivity index (χ4n) is 2.17. The largest absolute Gasteiger partial charge is 0.496 e. The Hall–Kier alpha value is -1.80. The summed E-state index contributed by atoms with van der Waals surface area (Å²) in [6.07, 6.45) is 1.05. The second kappa shape index (κ2) is 6.95. The van der Waals surface area contributed by atoms with Crippen molar-refractivity contribution in [2.24, 2.45) is 0 Å². The van der Waals surface area contributed by atoms with Crippen LogP contribution in [0.15, 0.2) is 48.5 Å². The highest BCUT2D eigenvalue weighted by atomic mass is 16.5. The zero-order valence-electron chi connectivity index (χ0n) is 11.6. The molecule has 0 heterocycles. The molecule has 0 aliphatic heterocycles. The molecule has 0 fully saturated rings. The minimum Gasteiger partial charge on any atom is -0.496 e. The Morgan fingerprint density at radius 2 is 1.89 bits per heavy atom. The van der Waals surface area contributed by atoms with Gasteiger partial charge in [-0.05, 0) is 31.5 Å². The van der Waals surface area contributed by atoms with Crippen LogP contribution in [0.25, 0.3) is 0 Å². The second-order valence-electron chi connectivity index (χ2n) is 4.73. The van der Waals surface area contributed by atoms with Gasteiger partial charge in [-0.1, -0.05) is 48.0 Å². The number of methoxy groups -OCH3 is 1. The molecule has 0 saturated carbocycles. The maximum atomic E-state index is 5.34. The van der Waals surface area contributed by atoms with Crippen LogP contribution in [0.2, 0.25) is 0 Å². The van der Waals surface area contributed by atoms with E-state index in [0.717, 1.165) is 25.3 Å². The number of rotatable bonds is 6. The number of hydrogen-bond acceptors (Lipinski definition) is 2. The summed E-state index contributed by atoms with van der Waals surface area (Å²) in [6.45, 7) is 3.95. The molecule has 0 aliphatic carbocycles. The Labute approximate surface area is 115 Å². The summed E-state index contributed by atoms with van der Waals surface area (Å²) in [5.74, 6) is 0.950. The average molecular weight is 255 g/mol. The fourth-order valence-corrected chi connectivity index (χ4v) is 2.17. The molecule has 0 bridgehead atoms. The molecule has 2 aromatic carbocycles. The molecule has 0 unspecified atom stereocenters. The first-order chi connectivity index (χ1) is 9.29. The van der Waals surface area contributed by atoms with Crippen LogP contribution in [0.3, 0.4) is 0 Å². The van der Waals surface area contributed by atoms with E-state index >= 15 is 0 Å². The zero-order chi connectivity index (χ0) is 13.5. The van der Waals surface area contributed by atoms with Crippen molar-refractivity contribution in [1.82, 2.24) is 5.32 Å². The second-order valence-corrected chi connectivity index (χ2v) is 4.73. The first kappa shape index (κ1) is 13.6. The van der Waals surface area contributed by atoms with Crippen LogP contribution >= 0.6 is 0 Å². The molecule has 2 rings (SSSR count). The van der Waals surface area contributed by atoms with Crippen LogP contribution < -0.4 is 10.1 Å². The van der Waals surface area contributed by atoms with Gasteiger partial charge in [-0.3, -0.25) is 0 Å². The third-order valence-corrected chi connectivity index (χ3v) is 3.18. The molecule has 0 atom stereocenters. The van der Waals surface area contributed by atoms with Gasteiger partial charge in [0.2, 0.25) is 0 Å². The summed E-state index contributed by atoms with van der Waals surface area (Å²) in [5.41, 5.74) is 3.91. The van der Waals surface area contributed by atoms with Crippen molar-refractivity contribution < 1.29 is 4.74 Å². The maximum absolute atomic E-state index is 5.34. The SMILES string of the molecule is COc1ccccc1CNCCc1cccc(C)c1. The summed E-state index contributed by atoms with van der Waals surface area (Å²) in [7, 11) is 1.71. The van der Waals surface area contributed by atoms with Gasteiger partial charge in [-0.25, -0.2) is 0 Å². The molecule has 1 N–H and O–H groups in total. The van der Waals surface area contributed by atoms with E-state index < -0.39 is 0 Å². The van der Waals surface area contributed by atoms with E-state index in [-0.39, 0.29) is 0 Å². The normalized spacial score (nSPS) is 10.4. The number of hydrogen-bond donors (Lipinski definition) is 1. The van der Waals surface area contributed by atoms with Crippen molar-refractivity contribution in [2.75, 3.05) is 13.7 Å². The minimum atomic E-state index is 0.843. The van der Waals surface area contributed by atoms with Crippen molar-refractivity contribution in [3.63, 3.8) is 0 Å². The van der Waals surface area contributed by atoms with Crippen LogP contribution in [-0.2, 0) is 13.0 Å². The predicted molar refractivity (Wildman–Crippen MR) is 79.6 cm³/mol. The molecule has 0 amide bonds. The zero-order valence-corrected chi connectivity index (χ0v) is 11.6. The van der Waals surface area contributed by atoms with E-state index in [9.17, 15) is 0 Å². The molecule has 2 heteroatoms. The van der Waals surface area contributed by atoms with Gasteiger partial charge in [0.05, 0.1) is 7.11 Å². The topological polar surface area (TPSA) is 21.3 Å². The molecule has 2 aromatic rings. The van der Waals surface area contributed by atoms with Gasteiger partial charge in [0, 0.05) is 12.1 Å². The third kappa shape index (κ3) is 4.11. The molecule has 0 aromatic heterocycles. The van der Waals surface area contributed by atoms with Gasteiger partial charge in [0.1, 0.15) is 5.75 Å². The Balaban J connectivity index is 1.81. The summed E-state index contributed by atoms with van der Waals surface area (Å²) < 4.78 is 5.34. The van der Waals surface area contributed by atoms with Gasteiger partial charge in [-0.2, -0.15) is 0 Å². The van der Waals surface area contributed by atoms with Crippen LogP contribution in [0.5, 0.6) is 5.75 Å². The van der Waals surface area contributed by atoms with E-state index in [0.29, 0.717) is 0 Å².